The van der Waals surface area contributed by atoms with Gasteiger partial charge in [-0.05, 0) is 46.8 Å². The first-order valence-corrected chi connectivity index (χ1v) is 8.56. The molecule has 1 heterocycles. The molecule has 1 aromatic carbocycles. The van der Waals surface area contributed by atoms with E-state index in [0.717, 1.165) is 6.07 Å². The summed E-state index contributed by atoms with van der Waals surface area (Å²) < 4.78 is 42.7. The van der Waals surface area contributed by atoms with Gasteiger partial charge >= 0.3 is 0 Å². The van der Waals surface area contributed by atoms with Crippen LogP contribution in [0.5, 0.6) is 0 Å². The molecule has 0 spiro atoms. The molecule has 2 rings (SSSR count). The Balaban J connectivity index is 2.53. The van der Waals surface area contributed by atoms with Gasteiger partial charge in [-0.15, -0.1) is 0 Å². The highest BCUT2D eigenvalue weighted by molar-refractivity contribution is 7.92. The van der Waals surface area contributed by atoms with Gasteiger partial charge in [-0.3, -0.25) is 9.40 Å². The average Bonchev–Trinajstić information content (AvgIpc) is 2.69. The molecule has 0 amide bonds. The van der Waals surface area contributed by atoms with E-state index in [1.165, 1.54) is 12.1 Å². The molecular formula is C15H21FN4O2S. The zero-order chi connectivity index (χ0) is 17.6. The maximum atomic E-state index is 13.3. The van der Waals surface area contributed by atoms with Crippen LogP contribution in [0.25, 0.3) is 0 Å². The lowest BCUT2D eigenvalue weighted by molar-refractivity contribution is 0.345. The maximum absolute atomic E-state index is 13.3. The van der Waals surface area contributed by atoms with Crippen molar-refractivity contribution in [2.75, 3.05) is 10.5 Å². The lowest BCUT2D eigenvalue weighted by atomic mass is 10.1. The van der Waals surface area contributed by atoms with E-state index in [-0.39, 0.29) is 21.8 Å². The van der Waals surface area contributed by atoms with Crippen LogP contribution in [-0.4, -0.2) is 18.2 Å². The van der Waals surface area contributed by atoms with Gasteiger partial charge in [0, 0.05) is 6.07 Å². The molecule has 0 atom stereocenters. The van der Waals surface area contributed by atoms with Crippen molar-refractivity contribution < 1.29 is 12.8 Å². The molecule has 8 heteroatoms. The van der Waals surface area contributed by atoms with E-state index < -0.39 is 15.8 Å². The van der Waals surface area contributed by atoms with Crippen molar-refractivity contribution >= 4 is 21.4 Å². The molecule has 0 radical (unpaired) electrons. The quantitative estimate of drug-likeness (QED) is 0.841. The zero-order valence-electron chi connectivity index (χ0n) is 13.8. The van der Waals surface area contributed by atoms with E-state index in [9.17, 15) is 12.8 Å². The molecule has 0 bridgehead atoms. The predicted octanol–water partition coefficient (Wildman–Crippen LogP) is 2.78. The minimum Gasteiger partial charge on any atom is -0.397 e. The molecule has 0 saturated heterocycles. The van der Waals surface area contributed by atoms with Crippen molar-refractivity contribution in [3.8, 4) is 0 Å². The van der Waals surface area contributed by atoms with Gasteiger partial charge in [0.1, 0.15) is 10.7 Å². The Morgan fingerprint density at radius 3 is 2.39 bits per heavy atom. The monoisotopic (exact) mass is 340 g/mol. The Morgan fingerprint density at radius 1 is 1.26 bits per heavy atom. The molecule has 6 nitrogen and oxygen atoms in total. The standard InChI is InChI=1S/C15H21FN4O2S/c1-9-14(10(2)20(18-9)15(3,4)5)23(21,22)19-13-8-11(16)6-7-12(13)17/h6-8,19H,17H2,1-5H3. The van der Waals surface area contributed by atoms with Crippen LogP contribution >= 0.6 is 0 Å². The van der Waals surface area contributed by atoms with Crippen molar-refractivity contribution in [1.29, 1.82) is 0 Å². The first-order chi connectivity index (χ1) is 10.4. The molecule has 126 valence electrons. The van der Waals surface area contributed by atoms with Gasteiger partial charge < -0.3 is 5.73 Å². The maximum Gasteiger partial charge on any atom is 0.265 e. The summed E-state index contributed by atoms with van der Waals surface area (Å²) >= 11 is 0. The Hall–Kier alpha value is -2.09. The minimum atomic E-state index is -3.93. The Morgan fingerprint density at radius 2 is 1.87 bits per heavy atom. The second-order valence-corrected chi connectivity index (χ2v) is 8.04. The van der Waals surface area contributed by atoms with Crippen LogP contribution in [0.3, 0.4) is 0 Å². The normalized spacial score (nSPS) is 12.4. The Labute approximate surface area is 135 Å². The van der Waals surface area contributed by atoms with E-state index in [1.807, 2.05) is 20.8 Å². The SMILES string of the molecule is Cc1nn(C(C)(C)C)c(C)c1S(=O)(=O)Nc1cc(F)ccc1N. The van der Waals surface area contributed by atoms with Crippen molar-refractivity contribution in [3.05, 3.63) is 35.4 Å². The summed E-state index contributed by atoms with van der Waals surface area (Å²) in [5.74, 6) is -0.573. The highest BCUT2D eigenvalue weighted by Crippen LogP contribution is 2.28. The third-order valence-electron chi connectivity index (χ3n) is 3.39. The van der Waals surface area contributed by atoms with Gasteiger partial charge in [-0.25, -0.2) is 12.8 Å². The van der Waals surface area contributed by atoms with E-state index in [2.05, 4.69) is 9.82 Å². The largest absolute Gasteiger partial charge is 0.397 e. The number of anilines is 2. The summed E-state index contributed by atoms with van der Waals surface area (Å²) in [5.41, 5.74) is 6.39. The van der Waals surface area contributed by atoms with E-state index in [1.54, 1.807) is 18.5 Å². The molecule has 0 aliphatic rings. The molecule has 0 aliphatic heterocycles. The fourth-order valence-corrected chi connectivity index (χ4v) is 3.96. The topological polar surface area (TPSA) is 90.0 Å². The number of benzene rings is 1. The molecule has 2 aromatic rings. The Bertz CT molecular complexity index is 851. The van der Waals surface area contributed by atoms with Crippen LogP contribution in [0.4, 0.5) is 15.8 Å². The summed E-state index contributed by atoms with van der Waals surface area (Å²) in [5, 5.41) is 4.32. The van der Waals surface area contributed by atoms with Crippen molar-refractivity contribution in [2.45, 2.75) is 45.1 Å². The van der Waals surface area contributed by atoms with Gasteiger partial charge in [0.2, 0.25) is 0 Å². The van der Waals surface area contributed by atoms with Crippen LogP contribution < -0.4 is 10.5 Å². The minimum absolute atomic E-state index is 0.00677. The number of nitrogens with zero attached hydrogens (tertiary/aromatic N) is 2. The van der Waals surface area contributed by atoms with Crippen LogP contribution in [0.15, 0.2) is 23.1 Å². The number of rotatable bonds is 3. The van der Waals surface area contributed by atoms with E-state index in [0.29, 0.717) is 11.4 Å². The van der Waals surface area contributed by atoms with Crippen molar-refractivity contribution in [2.24, 2.45) is 0 Å². The zero-order valence-corrected chi connectivity index (χ0v) is 14.6. The van der Waals surface area contributed by atoms with Gasteiger partial charge in [0.25, 0.3) is 10.0 Å². The molecule has 0 aliphatic carbocycles. The molecule has 0 fully saturated rings. The van der Waals surface area contributed by atoms with Gasteiger partial charge in [-0.2, -0.15) is 5.10 Å². The predicted molar refractivity (Wildman–Crippen MR) is 88.3 cm³/mol. The summed E-state index contributed by atoms with van der Waals surface area (Å²) in [6.07, 6.45) is 0. The number of halogens is 1. The first kappa shape index (κ1) is 17.3. The summed E-state index contributed by atoms with van der Waals surface area (Å²) in [4.78, 5) is 0.0797. The molecule has 0 saturated carbocycles. The number of sulfonamides is 1. The summed E-state index contributed by atoms with van der Waals surface area (Å²) in [6.45, 7) is 9.11. The van der Waals surface area contributed by atoms with Gasteiger partial charge in [-0.1, -0.05) is 0 Å². The lowest BCUT2D eigenvalue weighted by Gasteiger charge is -2.21. The summed E-state index contributed by atoms with van der Waals surface area (Å²) in [6, 6.07) is 3.53. The molecule has 0 unspecified atom stereocenters. The average molecular weight is 340 g/mol. The third kappa shape index (κ3) is 3.31. The van der Waals surface area contributed by atoms with Gasteiger partial charge in [0.05, 0.1) is 28.3 Å². The molecular weight excluding hydrogens is 319 g/mol. The van der Waals surface area contributed by atoms with Crippen LogP contribution in [0.2, 0.25) is 0 Å². The van der Waals surface area contributed by atoms with Crippen LogP contribution in [-0.2, 0) is 15.6 Å². The van der Waals surface area contributed by atoms with Crippen molar-refractivity contribution in [3.63, 3.8) is 0 Å². The smallest absolute Gasteiger partial charge is 0.265 e. The Kier molecular flexibility index (Phi) is 4.14. The second-order valence-electron chi connectivity index (χ2n) is 6.42. The highest BCUT2D eigenvalue weighted by Gasteiger charge is 2.28. The second kappa shape index (κ2) is 5.52. The molecule has 1 aromatic heterocycles. The van der Waals surface area contributed by atoms with E-state index in [4.69, 9.17) is 5.73 Å². The molecule has 3 N–H and O–H groups in total. The van der Waals surface area contributed by atoms with Crippen LogP contribution in [0.1, 0.15) is 32.2 Å². The van der Waals surface area contributed by atoms with Crippen molar-refractivity contribution in [1.82, 2.24) is 9.78 Å². The lowest BCUT2D eigenvalue weighted by Crippen LogP contribution is -2.25. The number of aromatic nitrogens is 2. The van der Waals surface area contributed by atoms with Crippen LogP contribution in [0, 0.1) is 19.7 Å². The highest BCUT2D eigenvalue weighted by atomic mass is 32.2. The third-order valence-corrected chi connectivity index (χ3v) is 5.01. The number of nitrogen functional groups attached to an aromatic ring is 1. The number of nitrogens with one attached hydrogen (secondary N) is 1. The number of hydrogen-bond acceptors (Lipinski definition) is 4. The first-order valence-electron chi connectivity index (χ1n) is 7.08. The summed E-state index contributed by atoms with van der Waals surface area (Å²) in [7, 11) is -3.93. The number of hydrogen-bond donors (Lipinski definition) is 2. The molecule has 23 heavy (non-hydrogen) atoms. The fraction of sp³-hybridized carbons (Fsp3) is 0.400. The van der Waals surface area contributed by atoms with Gasteiger partial charge in [0.15, 0.2) is 0 Å². The number of aryl methyl sites for hydroxylation is 1. The fourth-order valence-electron chi connectivity index (χ4n) is 2.48. The number of nitrogens with two attached hydrogens (primary N) is 1. The van der Waals surface area contributed by atoms with E-state index >= 15 is 0 Å².